The molecule has 2 aliphatic heterocycles. The zero-order valence-corrected chi connectivity index (χ0v) is 23.8. The van der Waals surface area contributed by atoms with Crippen molar-refractivity contribution in [3.8, 4) is 0 Å². The summed E-state index contributed by atoms with van der Waals surface area (Å²) in [6.07, 6.45) is 1.83. The highest BCUT2D eigenvalue weighted by atomic mass is 32.2. The van der Waals surface area contributed by atoms with E-state index in [2.05, 4.69) is 74.3 Å². The summed E-state index contributed by atoms with van der Waals surface area (Å²) >= 11 is 0. The second-order valence-electron chi connectivity index (χ2n) is 11.0. The van der Waals surface area contributed by atoms with E-state index in [9.17, 15) is 13.2 Å². The Hall–Kier alpha value is -2.99. The predicted octanol–water partition coefficient (Wildman–Crippen LogP) is 2.24. The van der Waals surface area contributed by atoms with Gasteiger partial charge in [0.1, 0.15) is 12.4 Å². The van der Waals surface area contributed by atoms with Gasteiger partial charge in [0.15, 0.2) is 5.69 Å². The van der Waals surface area contributed by atoms with E-state index in [0.717, 1.165) is 6.26 Å². The quantitative estimate of drug-likeness (QED) is 0.308. The first-order valence-electron chi connectivity index (χ1n) is 12.6. The smallest absolute Gasteiger partial charge is 0.298 e. The van der Waals surface area contributed by atoms with E-state index in [-0.39, 0.29) is 28.8 Å². The monoisotopic (exact) mass is 555 g/mol. The molecule has 0 aliphatic carbocycles. The molecule has 0 N–H and O–H groups in total. The third-order valence-corrected chi connectivity index (χ3v) is 12.7. The molecule has 2 saturated heterocycles. The molecule has 11 heteroatoms. The second-order valence-corrected chi connectivity index (χ2v) is 16.8. The van der Waals surface area contributed by atoms with Gasteiger partial charge in [-0.15, -0.1) is 0 Å². The minimum atomic E-state index is -3.52. The number of oxazole rings is 1. The number of hydrogen-bond acceptors (Lipinski definition) is 8. The summed E-state index contributed by atoms with van der Waals surface area (Å²) in [4.78, 5) is 20.9. The second kappa shape index (κ2) is 9.95. The lowest BCUT2D eigenvalue weighted by Crippen LogP contribution is -2.71. The fraction of sp³-hybridized carbons (Fsp3) is 0.407. The molecule has 1 aromatic heterocycles. The van der Waals surface area contributed by atoms with Crippen molar-refractivity contribution in [2.75, 3.05) is 37.3 Å². The Labute approximate surface area is 224 Å². The van der Waals surface area contributed by atoms with Crippen LogP contribution in [0.15, 0.2) is 71.3 Å². The maximum Gasteiger partial charge on any atom is 0.298 e. The number of carbonyl (C=O) groups is 1. The van der Waals surface area contributed by atoms with Crippen molar-refractivity contribution >= 4 is 40.7 Å². The molecule has 202 valence electrons. The number of rotatable bonds is 8. The van der Waals surface area contributed by atoms with Crippen LogP contribution in [0.3, 0.4) is 0 Å². The SMILES string of the molecule is CC(C)(C)[Si](OC1CN(C(=O)c2coc(N3CC(OS(C)(=O)=O)C3)n2)C1)(c1ccccc1)c1ccccc1. The highest BCUT2D eigenvalue weighted by Crippen LogP contribution is 2.38. The third kappa shape index (κ3) is 5.15. The number of likely N-dealkylation sites (tertiary alicyclic amines) is 1. The van der Waals surface area contributed by atoms with Crippen LogP contribution in [0.5, 0.6) is 0 Å². The molecule has 5 rings (SSSR count). The Morgan fingerprint density at radius 1 is 0.947 bits per heavy atom. The average molecular weight is 556 g/mol. The number of carbonyl (C=O) groups excluding carboxylic acids is 1. The third-order valence-electron chi connectivity index (χ3n) is 7.04. The normalized spacial score (nSPS) is 17.3. The van der Waals surface area contributed by atoms with Crippen molar-refractivity contribution in [1.82, 2.24) is 9.88 Å². The molecule has 38 heavy (non-hydrogen) atoms. The Kier molecular flexibility index (Phi) is 6.97. The number of aromatic nitrogens is 1. The summed E-state index contributed by atoms with van der Waals surface area (Å²) in [5.74, 6) is -0.216. The van der Waals surface area contributed by atoms with Crippen LogP contribution >= 0.6 is 0 Å². The molecular weight excluding hydrogens is 522 g/mol. The fourth-order valence-electron chi connectivity index (χ4n) is 5.19. The molecule has 2 aliphatic rings. The highest BCUT2D eigenvalue weighted by Gasteiger charge is 2.53. The van der Waals surface area contributed by atoms with Gasteiger partial charge in [0.25, 0.3) is 30.4 Å². The molecule has 0 saturated carbocycles. The van der Waals surface area contributed by atoms with E-state index >= 15 is 0 Å². The van der Waals surface area contributed by atoms with Gasteiger partial charge < -0.3 is 18.6 Å². The van der Waals surface area contributed by atoms with Crippen molar-refractivity contribution in [2.45, 2.75) is 38.0 Å². The molecule has 0 spiro atoms. The van der Waals surface area contributed by atoms with Crippen molar-refractivity contribution in [1.29, 1.82) is 0 Å². The number of hydrogen-bond donors (Lipinski definition) is 0. The lowest BCUT2D eigenvalue weighted by Gasteiger charge is -2.49. The Bertz CT molecular complexity index is 1340. The van der Waals surface area contributed by atoms with Crippen LogP contribution in [0, 0.1) is 0 Å². The van der Waals surface area contributed by atoms with E-state index < -0.39 is 24.5 Å². The molecule has 2 aromatic carbocycles. The zero-order chi connectivity index (χ0) is 27.1. The lowest BCUT2D eigenvalue weighted by molar-refractivity contribution is 0.0131. The van der Waals surface area contributed by atoms with E-state index in [1.54, 1.807) is 9.80 Å². The van der Waals surface area contributed by atoms with Gasteiger partial charge >= 0.3 is 0 Å². The van der Waals surface area contributed by atoms with E-state index in [1.807, 2.05) is 12.1 Å². The van der Waals surface area contributed by atoms with Crippen LogP contribution in [0.1, 0.15) is 31.3 Å². The average Bonchev–Trinajstić information content (AvgIpc) is 3.30. The van der Waals surface area contributed by atoms with Crippen LogP contribution < -0.4 is 15.3 Å². The summed E-state index contributed by atoms with van der Waals surface area (Å²) in [6, 6.07) is 21.2. The molecule has 0 unspecified atom stereocenters. The first kappa shape index (κ1) is 26.6. The van der Waals surface area contributed by atoms with Crippen LogP contribution in [-0.4, -0.2) is 77.2 Å². The van der Waals surface area contributed by atoms with Crippen molar-refractivity contribution in [3.05, 3.63) is 72.6 Å². The van der Waals surface area contributed by atoms with E-state index in [4.69, 9.17) is 13.0 Å². The van der Waals surface area contributed by atoms with E-state index in [0.29, 0.717) is 26.2 Å². The van der Waals surface area contributed by atoms with Gasteiger partial charge in [-0.2, -0.15) is 13.4 Å². The predicted molar refractivity (Wildman–Crippen MR) is 147 cm³/mol. The molecule has 0 radical (unpaired) electrons. The van der Waals surface area contributed by atoms with Gasteiger partial charge in [0, 0.05) is 13.1 Å². The highest BCUT2D eigenvalue weighted by molar-refractivity contribution is 7.86. The number of nitrogens with zero attached hydrogens (tertiary/aromatic N) is 3. The lowest BCUT2D eigenvalue weighted by atomic mass is 10.1. The van der Waals surface area contributed by atoms with Gasteiger partial charge in [-0.3, -0.25) is 8.98 Å². The number of benzene rings is 2. The topological polar surface area (TPSA) is 102 Å². The van der Waals surface area contributed by atoms with Crippen LogP contribution in [0.25, 0.3) is 0 Å². The number of amides is 1. The van der Waals surface area contributed by atoms with Crippen molar-refractivity contribution in [3.63, 3.8) is 0 Å². The molecular formula is C27H33N3O6SSi. The van der Waals surface area contributed by atoms with Crippen molar-refractivity contribution < 1.29 is 26.2 Å². The largest absolute Gasteiger partial charge is 0.431 e. The standard InChI is InChI=1S/C27H33N3O6SSi/c1-27(2,3)38(22-11-7-5-8-12-22,23-13-9-6-10-14-23)36-21-17-29(18-21)25(31)24-19-34-26(28-24)30-15-20(16-30)35-37(4,32)33/h5-14,19-21H,15-18H2,1-4H3. The Morgan fingerprint density at radius 2 is 1.50 bits per heavy atom. The minimum Gasteiger partial charge on any atom is -0.431 e. The molecule has 0 atom stereocenters. The minimum absolute atomic E-state index is 0.0964. The van der Waals surface area contributed by atoms with Gasteiger partial charge in [0.2, 0.25) is 0 Å². The first-order valence-corrected chi connectivity index (χ1v) is 16.4. The number of anilines is 1. The molecule has 1 amide bonds. The van der Waals surface area contributed by atoms with Crippen LogP contribution in [0.4, 0.5) is 6.01 Å². The Morgan fingerprint density at radius 3 is 2.00 bits per heavy atom. The fourth-order valence-corrected chi connectivity index (χ4v) is 10.5. The summed E-state index contributed by atoms with van der Waals surface area (Å²) in [5.41, 5.74) is 0.219. The summed E-state index contributed by atoms with van der Waals surface area (Å²) in [7, 11) is -6.21. The summed E-state index contributed by atoms with van der Waals surface area (Å²) < 4.78 is 40.1. The molecule has 0 bridgehead atoms. The van der Waals surface area contributed by atoms with Crippen LogP contribution in [-0.2, 0) is 18.7 Å². The van der Waals surface area contributed by atoms with Crippen LogP contribution in [0.2, 0.25) is 5.04 Å². The van der Waals surface area contributed by atoms with E-state index in [1.165, 1.54) is 16.6 Å². The summed E-state index contributed by atoms with van der Waals surface area (Å²) in [6.45, 7) is 8.31. The molecule has 3 heterocycles. The maximum atomic E-state index is 13.1. The Balaban J connectivity index is 1.27. The molecule has 2 fully saturated rings. The molecule has 9 nitrogen and oxygen atoms in total. The van der Waals surface area contributed by atoms with Gasteiger partial charge in [0.05, 0.1) is 25.4 Å². The summed E-state index contributed by atoms with van der Waals surface area (Å²) in [5, 5.41) is 2.27. The first-order chi connectivity index (χ1) is 18.0. The zero-order valence-electron chi connectivity index (χ0n) is 22.0. The maximum absolute atomic E-state index is 13.1. The van der Waals surface area contributed by atoms with Crippen molar-refractivity contribution in [2.24, 2.45) is 0 Å². The van der Waals surface area contributed by atoms with Gasteiger partial charge in [-0.25, -0.2) is 0 Å². The molecule has 3 aromatic rings. The van der Waals surface area contributed by atoms with Gasteiger partial charge in [-0.1, -0.05) is 81.4 Å². The van der Waals surface area contributed by atoms with Gasteiger partial charge in [-0.05, 0) is 15.4 Å².